The van der Waals surface area contributed by atoms with Gasteiger partial charge >= 0.3 is 0 Å². The van der Waals surface area contributed by atoms with Crippen molar-refractivity contribution in [3.05, 3.63) is 149 Å². The van der Waals surface area contributed by atoms with E-state index in [0.29, 0.717) is 43.6 Å². The molecule has 5 heteroatoms. The lowest BCUT2D eigenvalue weighted by molar-refractivity contribution is -0.142. The molecule has 4 aromatic rings. The number of ether oxygens (including phenoxy) is 4. The fraction of sp³-hybridized carbons (Fsp3) is 0.278. The van der Waals surface area contributed by atoms with Crippen LogP contribution in [0.2, 0.25) is 5.02 Å². The van der Waals surface area contributed by atoms with E-state index < -0.39 is 0 Å². The van der Waals surface area contributed by atoms with E-state index in [1.807, 2.05) is 60.7 Å². The van der Waals surface area contributed by atoms with Crippen LogP contribution in [0.1, 0.15) is 46.8 Å². The van der Waals surface area contributed by atoms with Crippen LogP contribution in [0.3, 0.4) is 0 Å². The summed E-state index contributed by atoms with van der Waals surface area (Å²) in [6.45, 7) is 5.76. The second kappa shape index (κ2) is 15.0. The van der Waals surface area contributed by atoms with Gasteiger partial charge in [0.15, 0.2) is 0 Å². The molecule has 0 bridgehead atoms. The van der Waals surface area contributed by atoms with Crippen LogP contribution in [0.4, 0.5) is 0 Å². The molecule has 3 atom stereocenters. The highest BCUT2D eigenvalue weighted by molar-refractivity contribution is 6.32. The number of hydrogen-bond acceptors (Lipinski definition) is 4. The zero-order valence-corrected chi connectivity index (χ0v) is 24.0. The Morgan fingerprint density at radius 3 is 2.10 bits per heavy atom. The van der Waals surface area contributed by atoms with Gasteiger partial charge in [0.05, 0.1) is 43.2 Å². The maximum Gasteiger partial charge on any atom is 0.139 e. The van der Waals surface area contributed by atoms with Crippen LogP contribution in [0.5, 0.6) is 5.75 Å². The van der Waals surface area contributed by atoms with E-state index in [9.17, 15) is 0 Å². The standard InChI is InChI=1S/C36H37ClO4/c1-2-18-39-35-21-30(20-31(36(35)37)19-27-12-6-3-7-13-27)34-23-32(40-25-29-16-10-5-11-17-29)22-33(41-34)26-38-24-28-14-8-4-9-15-28/h2-17,20-21,32-34H,1,18-19,22-26H2. The third-order valence-electron chi connectivity index (χ3n) is 7.21. The van der Waals surface area contributed by atoms with Crippen molar-refractivity contribution in [3.8, 4) is 5.75 Å². The number of benzene rings is 4. The van der Waals surface area contributed by atoms with Gasteiger partial charge in [0, 0.05) is 12.8 Å². The van der Waals surface area contributed by atoms with Gasteiger partial charge in [0.2, 0.25) is 0 Å². The summed E-state index contributed by atoms with van der Waals surface area (Å²) in [6, 6.07) is 35.0. The van der Waals surface area contributed by atoms with E-state index in [0.717, 1.165) is 35.1 Å². The molecule has 5 rings (SSSR count). The highest BCUT2D eigenvalue weighted by atomic mass is 35.5. The molecule has 0 saturated carbocycles. The van der Waals surface area contributed by atoms with Gasteiger partial charge in [0.25, 0.3) is 0 Å². The van der Waals surface area contributed by atoms with Crippen molar-refractivity contribution in [2.45, 2.75) is 50.8 Å². The van der Waals surface area contributed by atoms with Crippen LogP contribution in [0.25, 0.3) is 0 Å². The third kappa shape index (κ3) is 8.54. The van der Waals surface area contributed by atoms with E-state index in [4.69, 9.17) is 30.5 Å². The van der Waals surface area contributed by atoms with Gasteiger partial charge in [-0.2, -0.15) is 0 Å². The topological polar surface area (TPSA) is 36.9 Å². The number of hydrogen-bond donors (Lipinski definition) is 0. The SMILES string of the molecule is C=CCOc1cc(C2CC(OCc3ccccc3)CC(COCc3ccccc3)O2)cc(Cc2ccccc2)c1Cl. The Balaban J connectivity index is 1.37. The van der Waals surface area contributed by atoms with E-state index >= 15 is 0 Å². The fourth-order valence-corrected chi connectivity index (χ4v) is 5.39. The highest BCUT2D eigenvalue weighted by Crippen LogP contribution is 2.39. The van der Waals surface area contributed by atoms with Crippen LogP contribution >= 0.6 is 11.6 Å². The molecular weight excluding hydrogens is 532 g/mol. The first-order valence-corrected chi connectivity index (χ1v) is 14.6. The minimum Gasteiger partial charge on any atom is -0.488 e. The molecule has 1 aliphatic rings. The summed E-state index contributed by atoms with van der Waals surface area (Å²) < 4.78 is 25.3. The van der Waals surface area contributed by atoms with E-state index in [-0.39, 0.29) is 18.3 Å². The molecule has 4 aromatic carbocycles. The molecule has 41 heavy (non-hydrogen) atoms. The van der Waals surface area contributed by atoms with E-state index in [1.54, 1.807) is 6.08 Å². The van der Waals surface area contributed by atoms with Crippen molar-refractivity contribution in [3.63, 3.8) is 0 Å². The molecule has 1 saturated heterocycles. The lowest BCUT2D eigenvalue weighted by atomic mass is 9.93. The van der Waals surface area contributed by atoms with Gasteiger partial charge in [-0.3, -0.25) is 0 Å². The molecule has 0 spiro atoms. The van der Waals surface area contributed by atoms with Crippen molar-refractivity contribution in [2.75, 3.05) is 13.2 Å². The van der Waals surface area contributed by atoms with Crippen molar-refractivity contribution < 1.29 is 18.9 Å². The lowest BCUT2D eigenvalue weighted by Gasteiger charge is -2.36. The second-order valence-corrected chi connectivity index (χ2v) is 10.8. The first-order valence-electron chi connectivity index (χ1n) is 14.2. The van der Waals surface area contributed by atoms with Gasteiger partial charge < -0.3 is 18.9 Å². The van der Waals surface area contributed by atoms with E-state index in [1.165, 1.54) is 5.56 Å². The van der Waals surface area contributed by atoms with E-state index in [2.05, 4.69) is 49.0 Å². The Bertz CT molecular complexity index is 1360. The zero-order valence-electron chi connectivity index (χ0n) is 23.3. The number of halogens is 1. The molecule has 0 amide bonds. The summed E-state index contributed by atoms with van der Waals surface area (Å²) in [5.74, 6) is 0.641. The third-order valence-corrected chi connectivity index (χ3v) is 7.64. The van der Waals surface area contributed by atoms with Crippen LogP contribution in [0.15, 0.2) is 116 Å². The predicted molar refractivity (Wildman–Crippen MR) is 164 cm³/mol. The first kappa shape index (κ1) is 29.1. The fourth-order valence-electron chi connectivity index (χ4n) is 5.16. The molecule has 1 fully saturated rings. The van der Waals surface area contributed by atoms with Crippen LogP contribution in [0, 0.1) is 0 Å². The Morgan fingerprint density at radius 1 is 0.805 bits per heavy atom. The van der Waals surface area contributed by atoms with Gasteiger partial charge in [-0.1, -0.05) is 121 Å². The quantitative estimate of drug-likeness (QED) is 0.151. The molecule has 1 heterocycles. The maximum atomic E-state index is 6.86. The lowest BCUT2D eigenvalue weighted by Crippen LogP contribution is -2.35. The molecule has 212 valence electrons. The number of rotatable bonds is 13. The van der Waals surface area contributed by atoms with Gasteiger partial charge in [0.1, 0.15) is 12.4 Å². The van der Waals surface area contributed by atoms with Gasteiger partial charge in [-0.15, -0.1) is 0 Å². The molecule has 0 radical (unpaired) electrons. The summed E-state index contributed by atoms with van der Waals surface area (Å²) in [6.07, 6.45) is 3.65. The van der Waals surface area contributed by atoms with Crippen molar-refractivity contribution in [1.29, 1.82) is 0 Å². The predicted octanol–water partition coefficient (Wildman–Crippen LogP) is 8.52. The summed E-state index contributed by atoms with van der Waals surface area (Å²) >= 11 is 6.86. The molecule has 1 aliphatic heterocycles. The molecular formula is C36H37ClO4. The second-order valence-electron chi connectivity index (χ2n) is 10.4. The molecule has 0 N–H and O–H groups in total. The minimum absolute atomic E-state index is 0.0186. The summed E-state index contributed by atoms with van der Waals surface area (Å²) in [7, 11) is 0. The largest absolute Gasteiger partial charge is 0.488 e. The summed E-state index contributed by atoms with van der Waals surface area (Å²) in [5, 5.41) is 0.620. The molecule has 0 aliphatic carbocycles. The minimum atomic E-state index is -0.187. The van der Waals surface area contributed by atoms with Gasteiger partial charge in [-0.25, -0.2) is 0 Å². The average Bonchev–Trinajstić information content (AvgIpc) is 3.02. The summed E-state index contributed by atoms with van der Waals surface area (Å²) in [5.41, 5.74) is 5.51. The Kier molecular flexibility index (Phi) is 10.6. The molecule has 3 unspecified atom stereocenters. The van der Waals surface area contributed by atoms with Gasteiger partial charge in [-0.05, 0) is 40.3 Å². The Labute approximate surface area is 248 Å². The highest BCUT2D eigenvalue weighted by Gasteiger charge is 2.32. The molecule has 0 aromatic heterocycles. The Hall–Kier alpha value is -3.41. The Morgan fingerprint density at radius 2 is 1.44 bits per heavy atom. The van der Waals surface area contributed by atoms with Crippen molar-refractivity contribution in [2.24, 2.45) is 0 Å². The summed E-state index contributed by atoms with van der Waals surface area (Å²) in [4.78, 5) is 0. The van der Waals surface area contributed by atoms with Crippen LogP contribution in [-0.2, 0) is 33.8 Å². The monoisotopic (exact) mass is 568 g/mol. The first-order chi connectivity index (χ1) is 20.2. The average molecular weight is 569 g/mol. The normalized spacial score (nSPS) is 18.6. The van der Waals surface area contributed by atoms with Crippen molar-refractivity contribution >= 4 is 11.6 Å². The molecule has 4 nitrogen and oxygen atoms in total. The van der Waals surface area contributed by atoms with Crippen LogP contribution < -0.4 is 4.74 Å². The van der Waals surface area contributed by atoms with Crippen molar-refractivity contribution in [1.82, 2.24) is 0 Å². The maximum absolute atomic E-state index is 6.86. The van der Waals surface area contributed by atoms with Crippen LogP contribution in [-0.4, -0.2) is 25.4 Å². The smallest absolute Gasteiger partial charge is 0.139 e. The zero-order chi connectivity index (χ0) is 28.3.